The number of hydrogen-bond acceptors (Lipinski definition) is 3. The first kappa shape index (κ1) is 13.1. The van der Waals surface area contributed by atoms with Crippen LogP contribution in [0.25, 0.3) is 0 Å². The monoisotopic (exact) mass is 162 g/mol. The highest BCUT2D eigenvalue weighted by Gasteiger charge is 2.09. The largest absolute Gasteiger partial charge is 0.439 e. The van der Waals surface area contributed by atoms with Crippen molar-refractivity contribution >= 4 is 5.97 Å². The van der Waals surface area contributed by atoms with E-state index in [1.165, 1.54) is 6.92 Å². The summed E-state index contributed by atoms with van der Waals surface area (Å²) < 4.78 is 9.65. The molecule has 0 unspecified atom stereocenters. The average molecular weight is 162 g/mol. The molecule has 0 rings (SSSR count). The molecule has 11 heavy (non-hydrogen) atoms. The van der Waals surface area contributed by atoms with Crippen LogP contribution in [-0.4, -0.2) is 18.4 Å². The zero-order valence-electron chi connectivity index (χ0n) is 6.93. The van der Waals surface area contributed by atoms with Gasteiger partial charge in [-0.15, -0.1) is 0 Å². The van der Waals surface area contributed by atoms with Crippen LogP contribution in [0.2, 0.25) is 0 Å². The Morgan fingerprint density at radius 3 is 2.09 bits per heavy atom. The maximum Gasteiger partial charge on any atom is 0.304 e. The number of hydrogen-bond donors (Lipinski definition) is 0. The van der Waals surface area contributed by atoms with Gasteiger partial charge in [0.05, 0.1) is 5.60 Å². The van der Waals surface area contributed by atoms with E-state index in [2.05, 4.69) is 4.74 Å². The van der Waals surface area contributed by atoms with Crippen LogP contribution in [-0.2, 0) is 14.3 Å². The van der Waals surface area contributed by atoms with E-state index >= 15 is 0 Å². The van der Waals surface area contributed by atoms with Crippen molar-refractivity contribution in [1.29, 1.82) is 0 Å². The summed E-state index contributed by atoms with van der Waals surface area (Å²) in [5.41, 5.74) is -0.241. The number of rotatable bonds is 2. The van der Waals surface area contributed by atoms with Crippen LogP contribution in [0, 0.1) is 0 Å². The number of carbonyl (C=O) groups is 1. The van der Waals surface area contributed by atoms with Gasteiger partial charge in [0.1, 0.15) is 0 Å². The van der Waals surface area contributed by atoms with E-state index in [9.17, 15) is 4.79 Å². The summed E-state index contributed by atoms with van der Waals surface area (Å²) in [5.74, 6) is -0.316. The fourth-order valence-electron chi connectivity index (χ4n) is 0.289. The molecule has 0 aliphatic carbocycles. The van der Waals surface area contributed by atoms with Gasteiger partial charge >= 0.3 is 5.97 Å². The van der Waals surface area contributed by atoms with Gasteiger partial charge in [0.15, 0.2) is 6.79 Å². The lowest BCUT2D eigenvalue weighted by Gasteiger charge is -2.18. The average Bonchev–Trinajstić information content (AvgIpc) is 1.59. The van der Waals surface area contributed by atoms with Crippen molar-refractivity contribution in [3.63, 3.8) is 0 Å². The molecule has 0 aromatic rings. The Balaban J connectivity index is 0. The third-order valence-corrected chi connectivity index (χ3v) is 0.754. The van der Waals surface area contributed by atoms with Gasteiger partial charge in [-0.3, -0.25) is 4.79 Å². The molecule has 0 heterocycles. The topological polar surface area (TPSA) is 35.5 Å². The summed E-state index contributed by atoms with van der Waals surface area (Å²) in [6.07, 6.45) is 0. The van der Waals surface area contributed by atoms with Crippen molar-refractivity contribution in [3.8, 4) is 0 Å². The molecule has 0 spiro atoms. The normalized spacial score (nSPS) is 10.2. The van der Waals surface area contributed by atoms with Crippen molar-refractivity contribution < 1.29 is 14.3 Å². The highest BCUT2D eigenvalue weighted by Crippen LogP contribution is 2.05. The van der Waals surface area contributed by atoms with Gasteiger partial charge in [0, 0.05) is 6.92 Å². The molecule has 3 nitrogen and oxygen atoms in total. The van der Waals surface area contributed by atoms with Crippen molar-refractivity contribution in [1.82, 2.24) is 0 Å². The van der Waals surface area contributed by atoms with E-state index in [1.54, 1.807) is 0 Å². The summed E-state index contributed by atoms with van der Waals surface area (Å²) >= 11 is 0. The second-order valence-corrected chi connectivity index (χ2v) is 3.01. The van der Waals surface area contributed by atoms with Gasteiger partial charge in [-0.05, 0) is 20.8 Å². The van der Waals surface area contributed by atoms with Crippen LogP contribution in [0.3, 0.4) is 0 Å². The summed E-state index contributed by atoms with van der Waals surface area (Å²) in [6, 6.07) is 0. The molecule has 3 heteroatoms. The van der Waals surface area contributed by atoms with Crippen LogP contribution in [0.1, 0.15) is 35.1 Å². The standard InChI is InChI=1S/C7H14O3.CH4/c1-6(8)9-5-10-7(2,3)4;/h5H2,1-4H3;1H4. The Hall–Kier alpha value is -0.570. The van der Waals surface area contributed by atoms with Crippen molar-refractivity contribution in [2.75, 3.05) is 6.79 Å². The molecular formula is C8H18O3. The lowest BCUT2D eigenvalue weighted by Crippen LogP contribution is -2.21. The highest BCUT2D eigenvalue weighted by atomic mass is 16.7. The van der Waals surface area contributed by atoms with E-state index in [-0.39, 0.29) is 25.8 Å². The number of carbonyl (C=O) groups excluding carboxylic acids is 1. The SMILES string of the molecule is C.CC(=O)OCOC(C)(C)C. The number of ether oxygens (including phenoxy) is 2. The van der Waals surface area contributed by atoms with E-state index in [0.29, 0.717) is 0 Å². The van der Waals surface area contributed by atoms with Crippen molar-refractivity contribution in [3.05, 3.63) is 0 Å². The van der Waals surface area contributed by atoms with Crippen LogP contribution in [0.5, 0.6) is 0 Å². The molecular weight excluding hydrogens is 144 g/mol. The Morgan fingerprint density at radius 1 is 1.36 bits per heavy atom. The van der Waals surface area contributed by atoms with Crippen LogP contribution in [0.4, 0.5) is 0 Å². The third kappa shape index (κ3) is 12.6. The molecule has 0 atom stereocenters. The Kier molecular flexibility index (Phi) is 6.09. The molecule has 0 saturated carbocycles. The number of esters is 1. The predicted molar refractivity (Wildman–Crippen MR) is 44.2 cm³/mol. The minimum Gasteiger partial charge on any atom is -0.439 e. The fourth-order valence-corrected chi connectivity index (χ4v) is 0.289. The van der Waals surface area contributed by atoms with Gasteiger partial charge in [-0.25, -0.2) is 0 Å². The Labute approximate surface area is 68.7 Å². The van der Waals surface area contributed by atoms with E-state index in [1.807, 2.05) is 20.8 Å². The molecule has 0 radical (unpaired) electrons. The lowest BCUT2D eigenvalue weighted by molar-refractivity contribution is -0.164. The van der Waals surface area contributed by atoms with E-state index < -0.39 is 0 Å². The molecule has 0 fully saturated rings. The summed E-state index contributed by atoms with van der Waals surface area (Å²) in [5, 5.41) is 0. The first-order valence-electron chi connectivity index (χ1n) is 3.19. The lowest BCUT2D eigenvalue weighted by atomic mass is 10.2. The van der Waals surface area contributed by atoms with E-state index in [0.717, 1.165) is 0 Å². The minimum absolute atomic E-state index is 0. The zero-order valence-corrected chi connectivity index (χ0v) is 6.93. The van der Waals surface area contributed by atoms with Crippen molar-refractivity contribution in [2.45, 2.75) is 40.7 Å². The smallest absolute Gasteiger partial charge is 0.304 e. The minimum atomic E-state index is -0.316. The van der Waals surface area contributed by atoms with E-state index in [4.69, 9.17) is 4.74 Å². The second-order valence-electron chi connectivity index (χ2n) is 3.01. The predicted octanol–water partition coefficient (Wildman–Crippen LogP) is 1.96. The second kappa shape index (κ2) is 5.13. The molecule has 0 aromatic heterocycles. The zero-order chi connectivity index (χ0) is 8.20. The van der Waals surface area contributed by atoms with Crippen molar-refractivity contribution in [2.24, 2.45) is 0 Å². The van der Waals surface area contributed by atoms with Gasteiger partial charge in [0.25, 0.3) is 0 Å². The Morgan fingerprint density at radius 2 is 1.82 bits per heavy atom. The maximum atomic E-state index is 10.2. The first-order chi connectivity index (χ1) is 4.42. The Bertz CT molecular complexity index is 113. The quantitative estimate of drug-likeness (QED) is 0.460. The molecule has 0 aromatic carbocycles. The summed E-state index contributed by atoms with van der Waals surface area (Å²) in [4.78, 5) is 10.2. The molecule has 0 amide bonds. The van der Waals surface area contributed by atoms with Gasteiger partial charge in [-0.2, -0.15) is 0 Å². The molecule has 0 saturated heterocycles. The highest BCUT2D eigenvalue weighted by molar-refractivity contribution is 5.65. The van der Waals surface area contributed by atoms with Crippen LogP contribution in [0.15, 0.2) is 0 Å². The maximum absolute atomic E-state index is 10.2. The third-order valence-electron chi connectivity index (χ3n) is 0.754. The molecule has 68 valence electrons. The van der Waals surface area contributed by atoms with Gasteiger partial charge in [-0.1, -0.05) is 7.43 Å². The molecule has 0 aliphatic rings. The fraction of sp³-hybridized carbons (Fsp3) is 0.875. The van der Waals surface area contributed by atoms with Gasteiger partial charge in [0.2, 0.25) is 0 Å². The van der Waals surface area contributed by atoms with Gasteiger partial charge < -0.3 is 9.47 Å². The molecule has 0 bridgehead atoms. The summed E-state index contributed by atoms with van der Waals surface area (Å²) in [6.45, 7) is 7.09. The van der Waals surface area contributed by atoms with Crippen LogP contribution < -0.4 is 0 Å². The summed E-state index contributed by atoms with van der Waals surface area (Å²) in [7, 11) is 0. The molecule has 0 N–H and O–H groups in total. The van der Waals surface area contributed by atoms with Crippen LogP contribution >= 0.6 is 0 Å². The first-order valence-corrected chi connectivity index (χ1v) is 3.19. The molecule has 0 aliphatic heterocycles.